The summed E-state index contributed by atoms with van der Waals surface area (Å²) < 4.78 is 0. The van der Waals surface area contributed by atoms with Crippen LogP contribution < -0.4 is 5.32 Å². The van der Waals surface area contributed by atoms with Gasteiger partial charge in [-0.3, -0.25) is 9.59 Å². The summed E-state index contributed by atoms with van der Waals surface area (Å²) in [4.78, 5) is 21.5. The number of aliphatic carboxylic acids is 1. The third-order valence-electron chi connectivity index (χ3n) is 2.91. The van der Waals surface area contributed by atoms with E-state index in [2.05, 4.69) is 5.32 Å². The van der Waals surface area contributed by atoms with Crippen molar-refractivity contribution >= 4 is 11.9 Å². The van der Waals surface area contributed by atoms with Gasteiger partial charge in [-0.2, -0.15) is 0 Å². The smallest absolute Gasteiger partial charge is 0.306 e. The predicted octanol–water partition coefficient (Wildman–Crippen LogP) is -0.0143. The number of rotatable bonds is 1. The fraction of sp³-hybridized carbons (Fsp3) is 0.750. The van der Waals surface area contributed by atoms with E-state index >= 15 is 0 Å². The second-order valence-corrected chi connectivity index (χ2v) is 3.56. The largest absolute Gasteiger partial charge is 0.481 e. The Morgan fingerprint density at radius 2 is 2.33 bits per heavy atom. The average Bonchev–Trinajstić information content (AvgIpc) is 1.94. The van der Waals surface area contributed by atoms with E-state index in [0.29, 0.717) is 12.8 Å². The molecule has 1 amide bonds. The number of fused-ring (bicyclic) bond motifs is 1. The topological polar surface area (TPSA) is 66.4 Å². The molecule has 1 heterocycles. The third-order valence-corrected chi connectivity index (χ3v) is 2.91. The molecule has 2 fully saturated rings. The Bertz CT molecular complexity index is 238. The van der Waals surface area contributed by atoms with Crippen molar-refractivity contribution < 1.29 is 14.7 Å². The molecule has 3 unspecified atom stereocenters. The van der Waals surface area contributed by atoms with E-state index in [4.69, 9.17) is 5.11 Å². The fourth-order valence-electron chi connectivity index (χ4n) is 2.14. The lowest BCUT2D eigenvalue weighted by molar-refractivity contribution is -0.153. The number of piperidine rings is 1. The van der Waals surface area contributed by atoms with E-state index in [1.165, 1.54) is 0 Å². The molecular formula is C8H11NO3. The van der Waals surface area contributed by atoms with Crippen LogP contribution in [0, 0.1) is 11.8 Å². The van der Waals surface area contributed by atoms with Gasteiger partial charge in [-0.15, -0.1) is 0 Å². The third kappa shape index (κ3) is 0.983. The SMILES string of the molecule is O=C1CCC2C(CC2C(=O)O)N1. The van der Waals surface area contributed by atoms with Gasteiger partial charge in [0.1, 0.15) is 0 Å². The van der Waals surface area contributed by atoms with E-state index in [1.54, 1.807) is 0 Å². The molecule has 4 nitrogen and oxygen atoms in total. The zero-order valence-corrected chi connectivity index (χ0v) is 6.62. The van der Waals surface area contributed by atoms with Gasteiger partial charge in [0.05, 0.1) is 5.92 Å². The van der Waals surface area contributed by atoms with Crippen LogP contribution >= 0.6 is 0 Å². The van der Waals surface area contributed by atoms with Crippen molar-refractivity contribution in [2.45, 2.75) is 25.3 Å². The molecule has 0 spiro atoms. The molecule has 1 aliphatic carbocycles. The number of amides is 1. The highest BCUT2D eigenvalue weighted by molar-refractivity contribution is 5.79. The van der Waals surface area contributed by atoms with Crippen LogP contribution in [0.2, 0.25) is 0 Å². The summed E-state index contributed by atoms with van der Waals surface area (Å²) in [5.41, 5.74) is 0. The molecule has 12 heavy (non-hydrogen) atoms. The Morgan fingerprint density at radius 1 is 1.58 bits per heavy atom. The number of carboxylic acids is 1. The normalized spacial score (nSPS) is 39.3. The minimum atomic E-state index is -0.715. The number of carbonyl (C=O) groups excluding carboxylic acids is 1. The van der Waals surface area contributed by atoms with Crippen LogP contribution in [-0.4, -0.2) is 23.0 Å². The quantitative estimate of drug-likeness (QED) is 0.580. The van der Waals surface area contributed by atoms with E-state index in [-0.39, 0.29) is 23.8 Å². The van der Waals surface area contributed by atoms with Crippen molar-refractivity contribution in [1.29, 1.82) is 0 Å². The molecule has 0 aromatic carbocycles. The van der Waals surface area contributed by atoms with Crippen molar-refractivity contribution in [3.63, 3.8) is 0 Å². The maximum atomic E-state index is 10.9. The first-order valence-electron chi connectivity index (χ1n) is 4.20. The number of hydrogen-bond acceptors (Lipinski definition) is 2. The number of nitrogens with one attached hydrogen (secondary N) is 1. The summed E-state index contributed by atoms with van der Waals surface area (Å²) in [6.07, 6.45) is 1.85. The van der Waals surface area contributed by atoms with E-state index in [9.17, 15) is 9.59 Å². The van der Waals surface area contributed by atoms with Crippen LogP contribution in [0.4, 0.5) is 0 Å². The first-order valence-corrected chi connectivity index (χ1v) is 4.20. The van der Waals surface area contributed by atoms with Gasteiger partial charge in [0, 0.05) is 12.5 Å². The molecule has 66 valence electrons. The van der Waals surface area contributed by atoms with Crippen LogP contribution in [0.1, 0.15) is 19.3 Å². The standard InChI is InChI=1S/C8H11NO3/c10-7-2-1-4-5(8(11)12)3-6(4)9-7/h4-6H,1-3H2,(H,9,10)(H,11,12). The van der Waals surface area contributed by atoms with Crippen LogP contribution in [-0.2, 0) is 9.59 Å². The second kappa shape index (κ2) is 2.47. The van der Waals surface area contributed by atoms with Gasteiger partial charge >= 0.3 is 5.97 Å². The number of hydrogen-bond donors (Lipinski definition) is 2. The zero-order chi connectivity index (χ0) is 8.72. The van der Waals surface area contributed by atoms with Gasteiger partial charge in [-0.05, 0) is 18.8 Å². The van der Waals surface area contributed by atoms with Gasteiger partial charge in [-0.1, -0.05) is 0 Å². The summed E-state index contributed by atoms with van der Waals surface area (Å²) in [6.45, 7) is 0. The highest BCUT2D eigenvalue weighted by atomic mass is 16.4. The van der Waals surface area contributed by atoms with E-state index in [1.807, 2.05) is 0 Å². The molecule has 0 aromatic heterocycles. The molecule has 0 radical (unpaired) electrons. The van der Waals surface area contributed by atoms with Gasteiger partial charge in [-0.25, -0.2) is 0 Å². The average molecular weight is 169 g/mol. The van der Waals surface area contributed by atoms with Crippen LogP contribution in [0.25, 0.3) is 0 Å². The van der Waals surface area contributed by atoms with E-state index in [0.717, 1.165) is 6.42 Å². The molecule has 2 rings (SSSR count). The van der Waals surface area contributed by atoms with Crippen molar-refractivity contribution in [2.75, 3.05) is 0 Å². The highest BCUT2D eigenvalue weighted by Gasteiger charge is 2.47. The fourth-order valence-corrected chi connectivity index (χ4v) is 2.14. The molecule has 0 aromatic rings. The van der Waals surface area contributed by atoms with Crippen LogP contribution in [0.15, 0.2) is 0 Å². The Kier molecular flexibility index (Phi) is 1.56. The van der Waals surface area contributed by atoms with Crippen molar-refractivity contribution in [2.24, 2.45) is 11.8 Å². The van der Waals surface area contributed by atoms with Gasteiger partial charge in [0.2, 0.25) is 5.91 Å². The van der Waals surface area contributed by atoms with Gasteiger partial charge in [0.25, 0.3) is 0 Å². The highest BCUT2D eigenvalue weighted by Crippen LogP contribution is 2.40. The molecule has 0 bridgehead atoms. The Balaban J connectivity index is 1.98. The minimum Gasteiger partial charge on any atom is -0.481 e. The summed E-state index contributed by atoms with van der Waals surface area (Å²) in [5, 5.41) is 11.5. The Labute approximate surface area is 69.9 Å². The second-order valence-electron chi connectivity index (χ2n) is 3.56. The van der Waals surface area contributed by atoms with Crippen molar-refractivity contribution in [1.82, 2.24) is 5.32 Å². The number of carboxylic acid groups (broad SMARTS) is 1. The molecule has 1 aliphatic heterocycles. The summed E-state index contributed by atoms with van der Waals surface area (Å²) in [6, 6.07) is 0.146. The molecule has 1 saturated heterocycles. The van der Waals surface area contributed by atoms with Crippen LogP contribution in [0.5, 0.6) is 0 Å². The lowest BCUT2D eigenvalue weighted by Gasteiger charge is -2.45. The van der Waals surface area contributed by atoms with Gasteiger partial charge < -0.3 is 10.4 Å². The summed E-state index contributed by atoms with van der Waals surface area (Å²) in [7, 11) is 0. The summed E-state index contributed by atoms with van der Waals surface area (Å²) >= 11 is 0. The molecule has 1 saturated carbocycles. The first kappa shape index (κ1) is 7.58. The molecule has 4 heteroatoms. The Hall–Kier alpha value is -1.06. The minimum absolute atomic E-state index is 0.0695. The maximum Gasteiger partial charge on any atom is 0.306 e. The van der Waals surface area contributed by atoms with Crippen LogP contribution in [0.3, 0.4) is 0 Å². The number of carbonyl (C=O) groups is 2. The monoisotopic (exact) mass is 169 g/mol. The van der Waals surface area contributed by atoms with Crippen molar-refractivity contribution in [3.8, 4) is 0 Å². The summed E-state index contributed by atoms with van der Waals surface area (Å²) in [5.74, 6) is -0.664. The molecular weight excluding hydrogens is 158 g/mol. The van der Waals surface area contributed by atoms with E-state index < -0.39 is 5.97 Å². The molecule has 2 N–H and O–H groups in total. The zero-order valence-electron chi connectivity index (χ0n) is 6.62. The first-order chi connectivity index (χ1) is 5.68. The maximum absolute atomic E-state index is 10.9. The lowest BCUT2D eigenvalue weighted by Crippen LogP contribution is -2.57. The predicted molar refractivity (Wildman–Crippen MR) is 40.4 cm³/mol. The lowest BCUT2D eigenvalue weighted by atomic mass is 9.65. The molecule has 3 atom stereocenters. The molecule has 2 aliphatic rings. The Morgan fingerprint density at radius 3 is 2.92 bits per heavy atom. The van der Waals surface area contributed by atoms with Crippen molar-refractivity contribution in [3.05, 3.63) is 0 Å². The van der Waals surface area contributed by atoms with Gasteiger partial charge in [0.15, 0.2) is 0 Å².